The molecule has 1 unspecified atom stereocenters. The van der Waals surface area contributed by atoms with Crippen molar-refractivity contribution >= 4 is 21.7 Å². The Labute approximate surface area is 104 Å². The number of piperidine rings is 1. The predicted molar refractivity (Wildman–Crippen MR) is 67.5 cm³/mol. The van der Waals surface area contributed by atoms with Crippen LogP contribution in [-0.2, 0) is 0 Å². The molecule has 0 spiro atoms. The van der Waals surface area contributed by atoms with Crippen molar-refractivity contribution in [3.8, 4) is 0 Å². The number of pyridine rings is 1. The van der Waals surface area contributed by atoms with Gasteiger partial charge in [0.1, 0.15) is 0 Å². The van der Waals surface area contributed by atoms with Gasteiger partial charge in [0.15, 0.2) is 11.6 Å². The highest BCUT2D eigenvalue weighted by Crippen LogP contribution is 2.28. The lowest BCUT2D eigenvalue weighted by molar-refractivity contribution is 0.402. The van der Waals surface area contributed by atoms with Crippen molar-refractivity contribution in [3.05, 3.63) is 24.1 Å². The van der Waals surface area contributed by atoms with Crippen LogP contribution in [0.15, 0.2) is 18.3 Å². The van der Waals surface area contributed by atoms with E-state index in [0.717, 1.165) is 25.9 Å². The minimum Gasteiger partial charge on any atom is -0.354 e. The largest absolute Gasteiger partial charge is 0.354 e. The van der Waals surface area contributed by atoms with Crippen molar-refractivity contribution in [2.24, 2.45) is 5.92 Å². The second-order valence-electron chi connectivity index (χ2n) is 4.31. The van der Waals surface area contributed by atoms with Crippen LogP contribution < -0.4 is 4.90 Å². The van der Waals surface area contributed by atoms with Crippen molar-refractivity contribution < 1.29 is 4.39 Å². The molecule has 1 aromatic rings. The van der Waals surface area contributed by atoms with E-state index in [1.807, 2.05) is 4.90 Å². The highest BCUT2D eigenvalue weighted by molar-refractivity contribution is 9.09. The average molecular weight is 287 g/mol. The van der Waals surface area contributed by atoms with Crippen LogP contribution in [0.25, 0.3) is 0 Å². The van der Waals surface area contributed by atoms with E-state index < -0.39 is 0 Å². The number of aromatic nitrogens is 1. The van der Waals surface area contributed by atoms with Crippen LogP contribution in [-0.4, -0.2) is 22.9 Å². The highest BCUT2D eigenvalue weighted by atomic mass is 79.9. The lowest BCUT2D eigenvalue weighted by atomic mass is 9.94. The fourth-order valence-electron chi connectivity index (χ4n) is 2.18. The summed E-state index contributed by atoms with van der Waals surface area (Å²) in [6, 6.07) is 3.10. The Kier molecular flexibility index (Phi) is 3.79. The summed E-state index contributed by atoms with van der Waals surface area (Å²) >= 11 is 3.62. The number of anilines is 1. The van der Waals surface area contributed by atoms with Crippen LogP contribution in [0, 0.1) is 11.7 Å². The molecule has 1 fully saturated rings. The molecule has 0 saturated carbocycles. The minimum atomic E-state index is -0.215. The van der Waals surface area contributed by atoms with Gasteiger partial charge < -0.3 is 4.90 Å². The zero-order valence-corrected chi connectivity index (χ0v) is 11.0. The molecule has 0 bridgehead atoms. The van der Waals surface area contributed by atoms with E-state index in [0.29, 0.717) is 16.6 Å². The van der Waals surface area contributed by atoms with E-state index in [2.05, 4.69) is 27.8 Å². The van der Waals surface area contributed by atoms with Gasteiger partial charge in [0, 0.05) is 24.1 Å². The summed E-state index contributed by atoms with van der Waals surface area (Å²) in [7, 11) is 0. The maximum absolute atomic E-state index is 13.5. The quantitative estimate of drug-likeness (QED) is 0.776. The molecule has 16 heavy (non-hydrogen) atoms. The van der Waals surface area contributed by atoms with Crippen LogP contribution in [0.5, 0.6) is 0 Å². The van der Waals surface area contributed by atoms with Gasteiger partial charge in [-0.2, -0.15) is 0 Å². The summed E-state index contributed by atoms with van der Waals surface area (Å²) in [4.78, 5) is 6.70. The van der Waals surface area contributed by atoms with Gasteiger partial charge in [0.2, 0.25) is 0 Å². The summed E-state index contributed by atoms with van der Waals surface area (Å²) in [6.07, 6.45) is 3.85. The van der Waals surface area contributed by atoms with Gasteiger partial charge in [-0.1, -0.05) is 22.9 Å². The molecule has 0 aliphatic carbocycles. The maximum atomic E-state index is 13.5. The van der Waals surface area contributed by atoms with Gasteiger partial charge in [0.25, 0.3) is 0 Å². The standard InChI is InChI=1S/C12H16BrFN2/c1-9(13)10-4-7-16(8-5-10)12-11(14)3-2-6-15-12/h2-3,6,9-10H,4-5,7-8H2,1H3. The smallest absolute Gasteiger partial charge is 0.165 e. The molecule has 1 aromatic heterocycles. The van der Waals surface area contributed by atoms with Gasteiger partial charge in [-0.25, -0.2) is 9.37 Å². The van der Waals surface area contributed by atoms with E-state index in [-0.39, 0.29) is 5.82 Å². The molecule has 0 radical (unpaired) electrons. The molecule has 88 valence electrons. The van der Waals surface area contributed by atoms with Crippen LogP contribution in [0.1, 0.15) is 19.8 Å². The number of alkyl halides is 1. The molecule has 0 amide bonds. The summed E-state index contributed by atoms with van der Waals surface area (Å²) in [5.41, 5.74) is 0. The molecule has 2 nitrogen and oxygen atoms in total. The van der Waals surface area contributed by atoms with E-state index in [9.17, 15) is 4.39 Å². The second-order valence-corrected chi connectivity index (χ2v) is 5.76. The second kappa shape index (κ2) is 5.13. The number of hydrogen-bond acceptors (Lipinski definition) is 2. The Bertz CT molecular complexity index is 349. The van der Waals surface area contributed by atoms with Crippen molar-refractivity contribution in [3.63, 3.8) is 0 Å². The van der Waals surface area contributed by atoms with Crippen LogP contribution >= 0.6 is 15.9 Å². The first-order chi connectivity index (χ1) is 7.68. The number of halogens is 2. The zero-order chi connectivity index (χ0) is 11.5. The van der Waals surface area contributed by atoms with Crippen molar-refractivity contribution in [2.75, 3.05) is 18.0 Å². The minimum absolute atomic E-state index is 0.215. The first kappa shape index (κ1) is 11.8. The summed E-state index contributed by atoms with van der Waals surface area (Å²) in [6.45, 7) is 3.98. The summed E-state index contributed by atoms with van der Waals surface area (Å²) in [5, 5.41) is 0. The SMILES string of the molecule is CC(Br)C1CCN(c2ncccc2F)CC1. The number of hydrogen-bond donors (Lipinski definition) is 0. The summed E-state index contributed by atoms with van der Waals surface area (Å²) in [5.74, 6) is 0.985. The van der Waals surface area contributed by atoms with E-state index in [4.69, 9.17) is 0 Å². The third kappa shape index (κ3) is 2.54. The van der Waals surface area contributed by atoms with Crippen LogP contribution in [0.4, 0.5) is 10.2 Å². The molecular weight excluding hydrogens is 271 g/mol. The zero-order valence-electron chi connectivity index (χ0n) is 9.37. The van der Waals surface area contributed by atoms with Crippen molar-refractivity contribution in [2.45, 2.75) is 24.6 Å². The molecule has 2 rings (SSSR count). The van der Waals surface area contributed by atoms with Gasteiger partial charge in [0.05, 0.1) is 0 Å². The predicted octanol–water partition coefficient (Wildman–Crippen LogP) is 3.22. The molecule has 1 atom stereocenters. The van der Waals surface area contributed by atoms with Gasteiger partial charge in [-0.05, 0) is 30.9 Å². The number of rotatable bonds is 2. The molecular formula is C12H16BrFN2. The molecule has 1 aliphatic rings. The maximum Gasteiger partial charge on any atom is 0.165 e. The first-order valence-corrected chi connectivity index (χ1v) is 6.59. The highest BCUT2D eigenvalue weighted by Gasteiger charge is 2.24. The summed E-state index contributed by atoms with van der Waals surface area (Å²) < 4.78 is 13.5. The Morgan fingerprint density at radius 3 is 2.75 bits per heavy atom. The molecule has 1 aliphatic heterocycles. The number of nitrogens with zero attached hydrogens (tertiary/aromatic N) is 2. The van der Waals surface area contributed by atoms with E-state index in [1.165, 1.54) is 6.07 Å². The molecule has 0 N–H and O–H groups in total. The Hall–Kier alpha value is -0.640. The van der Waals surface area contributed by atoms with Gasteiger partial charge >= 0.3 is 0 Å². The Balaban J connectivity index is 2.02. The Morgan fingerprint density at radius 2 is 2.19 bits per heavy atom. The Morgan fingerprint density at radius 1 is 1.50 bits per heavy atom. The monoisotopic (exact) mass is 286 g/mol. The topological polar surface area (TPSA) is 16.1 Å². The fourth-order valence-corrected chi connectivity index (χ4v) is 2.71. The van der Waals surface area contributed by atoms with E-state index >= 15 is 0 Å². The average Bonchev–Trinajstić information content (AvgIpc) is 2.30. The third-order valence-corrected chi connectivity index (χ3v) is 3.98. The lowest BCUT2D eigenvalue weighted by Crippen LogP contribution is -2.36. The van der Waals surface area contributed by atoms with Crippen molar-refractivity contribution in [1.29, 1.82) is 0 Å². The van der Waals surface area contributed by atoms with Gasteiger partial charge in [-0.3, -0.25) is 0 Å². The van der Waals surface area contributed by atoms with Crippen molar-refractivity contribution in [1.82, 2.24) is 4.98 Å². The van der Waals surface area contributed by atoms with Crippen LogP contribution in [0.3, 0.4) is 0 Å². The van der Waals surface area contributed by atoms with Gasteiger partial charge in [-0.15, -0.1) is 0 Å². The third-order valence-electron chi connectivity index (χ3n) is 3.23. The molecule has 4 heteroatoms. The first-order valence-electron chi connectivity index (χ1n) is 5.68. The fraction of sp³-hybridized carbons (Fsp3) is 0.583. The lowest BCUT2D eigenvalue weighted by Gasteiger charge is -2.34. The molecule has 1 saturated heterocycles. The molecule has 0 aromatic carbocycles. The van der Waals surface area contributed by atoms with Crippen LogP contribution in [0.2, 0.25) is 0 Å². The van der Waals surface area contributed by atoms with E-state index in [1.54, 1.807) is 12.3 Å². The molecule has 2 heterocycles. The normalized spacial score (nSPS) is 19.8.